The van der Waals surface area contributed by atoms with Crippen LogP contribution in [0.15, 0.2) is 36.4 Å². The summed E-state index contributed by atoms with van der Waals surface area (Å²) < 4.78 is 11.0. The van der Waals surface area contributed by atoms with Crippen LogP contribution in [0.2, 0.25) is 10.0 Å². The quantitative estimate of drug-likeness (QED) is 0.644. The highest BCUT2D eigenvalue weighted by Gasteiger charge is 2.09. The number of hydrogen-bond acceptors (Lipinski definition) is 2. The summed E-state index contributed by atoms with van der Waals surface area (Å²) in [6.07, 6.45) is 0. The number of hydrogen-bond donors (Lipinski definition) is 0. The largest absolute Gasteiger partial charge is 0.497 e. The van der Waals surface area contributed by atoms with E-state index >= 15 is 0 Å². The fourth-order valence-corrected chi connectivity index (χ4v) is 2.70. The molecule has 0 bridgehead atoms. The summed E-state index contributed by atoms with van der Waals surface area (Å²) in [5.74, 6) is 1.49. The molecule has 0 aliphatic heterocycles. The van der Waals surface area contributed by atoms with E-state index < -0.39 is 0 Å². The summed E-state index contributed by atoms with van der Waals surface area (Å²) in [4.78, 5) is 0. The lowest BCUT2D eigenvalue weighted by Crippen LogP contribution is -2.00. The van der Waals surface area contributed by atoms with E-state index in [0.29, 0.717) is 22.0 Å². The van der Waals surface area contributed by atoms with Crippen molar-refractivity contribution < 1.29 is 9.47 Å². The second-order valence-electron chi connectivity index (χ2n) is 4.10. The highest BCUT2D eigenvalue weighted by molar-refractivity contribution is 9.08. The minimum Gasteiger partial charge on any atom is -0.497 e. The molecule has 20 heavy (non-hydrogen) atoms. The van der Waals surface area contributed by atoms with E-state index in [-0.39, 0.29) is 0 Å². The maximum Gasteiger partial charge on any atom is 0.127 e. The monoisotopic (exact) mass is 374 g/mol. The Labute approximate surface area is 136 Å². The van der Waals surface area contributed by atoms with Gasteiger partial charge in [0.25, 0.3) is 0 Å². The molecule has 5 heteroatoms. The second kappa shape index (κ2) is 7.21. The average Bonchev–Trinajstić information content (AvgIpc) is 2.46. The van der Waals surface area contributed by atoms with Gasteiger partial charge in [-0.3, -0.25) is 0 Å². The standard InChI is InChI=1S/C15H13BrCl2O2/c1-19-11-6-5-10(8-16)15(7-11)20-9-12-13(17)3-2-4-14(12)18/h2-7H,8-9H2,1H3. The van der Waals surface area contributed by atoms with Crippen LogP contribution in [0.25, 0.3) is 0 Å². The van der Waals surface area contributed by atoms with Gasteiger partial charge in [0.2, 0.25) is 0 Å². The predicted molar refractivity (Wildman–Crippen MR) is 86.4 cm³/mol. The van der Waals surface area contributed by atoms with E-state index in [0.717, 1.165) is 22.6 Å². The molecule has 2 rings (SSSR count). The first-order chi connectivity index (χ1) is 9.65. The topological polar surface area (TPSA) is 18.5 Å². The van der Waals surface area contributed by atoms with Crippen LogP contribution in [0.5, 0.6) is 11.5 Å². The van der Waals surface area contributed by atoms with Crippen LogP contribution in [0.1, 0.15) is 11.1 Å². The van der Waals surface area contributed by atoms with Crippen LogP contribution in [0.4, 0.5) is 0 Å². The van der Waals surface area contributed by atoms with E-state index in [1.54, 1.807) is 19.2 Å². The normalized spacial score (nSPS) is 10.4. The van der Waals surface area contributed by atoms with Crippen molar-refractivity contribution >= 4 is 39.1 Å². The first kappa shape index (κ1) is 15.5. The summed E-state index contributed by atoms with van der Waals surface area (Å²) >= 11 is 15.7. The van der Waals surface area contributed by atoms with Gasteiger partial charge in [-0.05, 0) is 18.2 Å². The van der Waals surface area contributed by atoms with Crippen molar-refractivity contribution in [1.29, 1.82) is 0 Å². The average molecular weight is 376 g/mol. The number of alkyl halides is 1. The Balaban J connectivity index is 2.22. The lowest BCUT2D eigenvalue weighted by Gasteiger charge is -2.13. The summed E-state index contributed by atoms with van der Waals surface area (Å²) in [5, 5.41) is 1.89. The molecule has 0 N–H and O–H groups in total. The van der Waals surface area contributed by atoms with E-state index in [2.05, 4.69) is 15.9 Å². The Morgan fingerprint density at radius 2 is 1.80 bits per heavy atom. The Morgan fingerprint density at radius 1 is 1.10 bits per heavy atom. The number of methoxy groups -OCH3 is 1. The van der Waals surface area contributed by atoms with Gasteiger partial charge in [-0.1, -0.05) is 51.3 Å². The zero-order valence-electron chi connectivity index (χ0n) is 10.8. The molecule has 0 saturated heterocycles. The highest BCUT2D eigenvalue weighted by atomic mass is 79.9. The molecule has 0 aromatic heterocycles. The van der Waals surface area contributed by atoms with Crippen LogP contribution in [-0.2, 0) is 11.9 Å². The highest BCUT2D eigenvalue weighted by Crippen LogP contribution is 2.30. The van der Waals surface area contributed by atoms with Crippen molar-refractivity contribution in [3.05, 3.63) is 57.6 Å². The van der Waals surface area contributed by atoms with Gasteiger partial charge >= 0.3 is 0 Å². The Bertz CT molecular complexity index is 582. The van der Waals surface area contributed by atoms with Gasteiger partial charge in [0.1, 0.15) is 18.1 Å². The van der Waals surface area contributed by atoms with Crippen LogP contribution in [0, 0.1) is 0 Å². The van der Waals surface area contributed by atoms with Crippen molar-refractivity contribution in [2.75, 3.05) is 7.11 Å². The van der Waals surface area contributed by atoms with Crippen molar-refractivity contribution in [3.63, 3.8) is 0 Å². The molecular weight excluding hydrogens is 363 g/mol. The van der Waals surface area contributed by atoms with Crippen LogP contribution >= 0.6 is 39.1 Å². The zero-order valence-corrected chi connectivity index (χ0v) is 13.9. The molecule has 2 aromatic carbocycles. The van der Waals surface area contributed by atoms with Crippen LogP contribution in [-0.4, -0.2) is 7.11 Å². The Hall–Kier alpha value is -0.900. The third kappa shape index (κ3) is 3.60. The molecule has 106 valence electrons. The number of rotatable bonds is 5. The van der Waals surface area contributed by atoms with Crippen LogP contribution < -0.4 is 9.47 Å². The van der Waals surface area contributed by atoms with Crippen molar-refractivity contribution in [2.45, 2.75) is 11.9 Å². The minimum absolute atomic E-state index is 0.311. The molecule has 0 spiro atoms. The maximum absolute atomic E-state index is 6.13. The van der Waals surface area contributed by atoms with Crippen LogP contribution in [0.3, 0.4) is 0 Å². The summed E-state index contributed by atoms with van der Waals surface area (Å²) in [6.45, 7) is 0.311. The zero-order chi connectivity index (χ0) is 14.5. The van der Waals surface area contributed by atoms with Gasteiger partial charge in [0.05, 0.1) is 7.11 Å². The third-order valence-corrected chi connectivity index (χ3v) is 4.16. The molecule has 0 unspecified atom stereocenters. The minimum atomic E-state index is 0.311. The second-order valence-corrected chi connectivity index (χ2v) is 5.47. The molecule has 0 saturated carbocycles. The molecule has 0 radical (unpaired) electrons. The molecule has 0 aliphatic rings. The van der Waals surface area contributed by atoms with Gasteiger partial charge in [0, 0.05) is 32.6 Å². The molecule has 0 heterocycles. The van der Waals surface area contributed by atoms with E-state index in [4.69, 9.17) is 32.7 Å². The smallest absolute Gasteiger partial charge is 0.127 e. The van der Waals surface area contributed by atoms with Crippen molar-refractivity contribution in [2.24, 2.45) is 0 Å². The number of halogens is 3. The number of ether oxygens (including phenoxy) is 2. The summed E-state index contributed by atoms with van der Waals surface area (Å²) in [5.41, 5.74) is 1.81. The van der Waals surface area contributed by atoms with E-state index in [9.17, 15) is 0 Å². The molecule has 2 aromatic rings. The maximum atomic E-state index is 6.13. The lowest BCUT2D eigenvalue weighted by atomic mass is 10.2. The summed E-state index contributed by atoms with van der Waals surface area (Å²) in [7, 11) is 1.62. The van der Waals surface area contributed by atoms with Gasteiger partial charge < -0.3 is 9.47 Å². The van der Waals surface area contributed by atoms with Gasteiger partial charge in [0.15, 0.2) is 0 Å². The first-order valence-electron chi connectivity index (χ1n) is 5.94. The Kier molecular flexibility index (Phi) is 5.58. The van der Waals surface area contributed by atoms with Gasteiger partial charge in [-0.25, -0.2) is 0 Å². The molecule has 0 fully saturated rings. The SMILES string of the molecule is COc1ccc(CBr)c(OCc2c(Cl)cccc2Cl)c1. The van der Waals surface area contributed by atoms with E-state index in [1.807, 2.05) is 24.3 Å². The molecule has 0 aliphatic carbocycles. The predicted octanol–water partition coefficient (Wildman–Crippen LogP) is 5.48. The number of benzene rings is 2. The Morgan fingerprint density at radius 3 is 2.40 bits per heavy atom. The van der Waals surface area contributed by atoms with Crippen molar-refractivity contribution in [1.82, 2.24) is 0 Å². The molecular formula is C15H13BrCl2O2. The lowest BCUT2D eigenvalue weighted by molar-refractivity contribution is 0.301. The third-order valence-electron chi connectivity index (χ3n) is 2.85. The molecule has 2 nitrogen and oxygen atoms in total. The van der Waals surface area contributed by atoms with E-state index in [1.165, 1.54) is 0 Å². The molecule has 0 atom stereocenters. The first-order valence-corrected chi connectivity index (χ1v) is 7.82. The van der Waals surface area contributed by atoms with Crippen molar-refractivity contribution in [3.8, 4) is 11.5 Å². The van der Waals surface area contributed by atoms with Gasteiger partial charge in [-0.2, -0.15) is 0 Å². The fourth-order valence-electron chi connectivity index (χ4n) is 1.73. The fraction of sp³-hybridized carbons (Fsp3) is 0.200. The summed E-state index contributed by atoms with van der Waals surface area (Å²) in [6, 6.07) is 11.1. The molecule has 0 amide bonds. The van der Waals surface area contributed by atoms with Gasteiger partial charge in [-0.15, -0.1) is 0 Å².